The molecular formula is C11H16BrNO3S. The molecule has 96 valence electrons. The number of nitrogens with one attached hydrogen (secondary N) is 1. The van der Waals surface area contributed by atoms with Crippen molar-refractivity contribution in [2.45, 2.75) is 25.1 Å². The van der Waals surface area contributed by atoms with Crippen LogP contribution >= 0.6 is 15.9 Å². The molecule has 1 rings (SSSR count). The molecule has 0 saturated heterocycles. The fourth-order valence-corrected chi connectivity index (χ4v) is 3.16. The summed E-state index contributed by atoms with van der Waals surface area (Å²) in [5.74, 6) is -0.0935. The SMILES string of the molecule is CC(C)(CO)NS(=O)(=O)Cc1ccc(Br)cc1. The number of benzene rings is 1. The smallest absolute Gasteiger partial charge is 0.216 e. The highest BCUT2D eigenvalue weighted by Crippen LogP contribution is 2.13. The van der Waals surface area contributed by atoms with E-state index >= 15 is 0 Å². The van der Waals surface area contributed by atoms with Gasteiger partial charge in [0.1, 0.15) is 0 Å². The molecule has 0 radical (unpaired) electrons. The largest absolute Gasteiger partial charge is 0.394 e. The second-order valence-corrected chi connectivity index (χ2v) is 7.17. The van der Waals surface area contributed by atoms with Crippen LogP contribution in [0.3, 0.4) is 0 Å². The Bertz CT molecular complexity index is 468. The molecule has 0 bridgehead atoms. The molecule has 6 heteroatoms. The van der Waals surface area contributed by atoms with E-state index < -0.39 is 15.6 Å². The van der Waals surface area contributed by atoms with Crippen LogP contribution in [0.1, 0.15) is 19.4 Å². The maximum Gasteiger partial charge on any atom is 0.216 e. The van der Waals surface area contributed by atoms with Gasteiger partial charge in [-0.05, 0) is 31.5 Å². The third kappa shape index (κ3) is 5.16. The summed E-state index contributed by atoms with van der Waals surface area (Å²) in [5.41, 5.74) is -0.136. The van der Waals surface area contributed by atoms with Gasteiger partial charge in [0.2, 0.25) is 10.0 Å². The van der Waals surface area contributed by atoms with Gasteiger partial charge < -0.3 is 5.11 Å². The predicted octanol–water partition coefficient (Wildman–Crippen LogP) is 1.64. The van der Waals surface area contributed by atoms with E-state index in [0.717, 1.165) is 4.47 Å². The molecular weight excluding hydrogens is 306 g/mol. The lowest BCUT2D eigenvalue weighted by atomic mass is 10.1. The molecule has 4 nitrogen and oxygen atoms in total. The van der Waals surface area contributed by atoms with E-state index in [1.165, 1.54) is 0 Å². The first-order valence-electron chi connectivity index (χ1n) is 5.11. The highest BCUT2D eigenvalue weighted by Gasteiger charge is 2.23. The van der Waals surface area contributed by atoms with E-state index in [9.17, 15) is 8.42 Å². The average Bonchev–Trinajstić information content (AvgIpc) is 2.20. The molecule has 0 aliphatic heterocycles. The van der Waals surface area contributed by atoms with E-state index in [4.69, 9.17) is 5.11 Å². The van der Waals surface area contributed by atoms with Crippen molar-refractivity contribution >= 4 is 26.0 Å². The first kappa shape index (κ1) is 14.6. The van der Waals surface area contributed by atoms with Gasteiger partial charge in [-0.15, -0.1) is 0 Å². The maximum atomic E-state index is 11.8. The Morgan fingerprint density at radius 2 is 1.82 bits per heavy atom. The second-order valence-electron chi connectivity index (χ2n) is 4.53. The summed E-state index contributed by atoms with van der Waals surface area (Å²) in [6.07, 6.45) is 0. The van der Waals surface area contributed by atoms with Crippen LogP contribution in [0.25, 0.3) is 0 Å². The van der Waals surface area contributed by atoms with Gasteiger partial charge in [0.05, 0.1) is 17.9 Å². The van der Waals surface area contributed by atoms with E-state index in [1.54, 1.807) is 38.1 Å². The van der Waals surface area contributed by atoms with Gasteiger partial charge in [0.25, 0.3) is 0 Å². The summed E-state index contributed by atoms with van der Waals surface area (Å²) in [5, 5.41) is 9.03. The number of hydrogen-bond donors (Lipinski definition) is 2. The molecule has 0 aliphatic carbocycles. The molecule has 0 aliphatic rings. The van der Waals surface area contributed by atoms with Crippen LogP contribution in [-0.2, 0) is 15.8 Å². The number of hydrogen-bond acceptors (Lipinski definition) is 3. The molecule has 0 fully saturated rings. The Morgan fingerprint density at radius 1 is 1.29 bits per heavy atom. The minimum absolute atomic E-state index is 0.0935. The van der Waals surface area contributed by atoms with Crippen LogP contribution in [0.2, 0.25) is 0 Å². The standard InChI is InChI=1S/C11H16BrNO3S/c1-11(2,8-14)13-17(15,16)7-9-3-5-10(12)6-4-9/h3-6,13-14H,7-8H2,1-2H3. The van der Waals surface area contributed by atoms with E-state index in [2.05, 4.69) is 20.7 Å². The molecule has 17 heavy (non-hydrogen) atoms. The van der Waals surface area contributed by atoms with Gasteiger partial charge in [-0.1, -0.05) is 28.1 Å². The van der Waals surface area contributed by atoms with E-state index in [-0.39, 0.29) is 12.4 Å². The third-order valence-corrected chi connectivity index (χ3v) is 4.20. The lowest BCUT2D eigenvalue weighted by Gasteiger charge is -2.23. The lowest BCUT2D eigenvalue weighted by molar-refractivity contribution is 0.208. The number of sulfonamides is 1. The molecule has 0 aromatic heterocycles. The fourth-order valence-electron chi connectivity index (χ4n) is 1.29. The number of aliphatic hydroxyl groups excluding tert-OH is 1. The molecule has 2 N–H and O–H groups in total. The predicted molar refractivity (Wildman–Crippen MR) is 71.1 cm³/mol. The van der Waals surface area contributed by atoms with Crippen LogP contribution in [0.5, 0.6) is 0 Å². The lowest BCUT2D eigenvalue weighted by Crippen LogP contribution is -2.46. The number of halogens is 1. The highest BCUT2D eigenvalue weighted by atomic mass is 79.9. The Hall–Kier alpha value is -0.430. The van der Waals surface area contributed by atoms with Gasteiger partial charge in [-0.3, -0.25) is 0 Å². The van der Waals surface area contributed by atoms with Crippen LogP contribution in [0.4, 0.5) is 0 Å². The Kier molecular flexibility index (Phi) is 4.71. The zero-order valence-electron chi connectivity index (χ0n) is 9.77. The second kappa shape index (κ2) is 5.48. The Morgan fingerprint density at radius 3 is 2.29 bits per heavy atom. The van der Waals surface area contributed by atoms with Crippen molar-refractivity contribution in [3.8, 4) is 0 Å². The monoisotopic (exact) mass is 321 g/mol. The van der Waals surface area contributed by atoms with Crippen LogP contribution in [-0.4, -0.2) is 25.7 Å². The number of rotatable bonds is 5. The third-order valence-electron chi connectivity index (χ3n) is 2.10. The summed E-state index contributed by atoms with van der Waals surface area (Å²) in [6.45, 7) is 3.02. The molecule has 0 saturated carbocycles. The first-order chi connectivity index (χ1) is 7.74. The summed E-state index contributed by atoms with van der Waals surface area (Å²) in [6, 6.07) is 7.08. The average molecular weight is 322 g/mol. The first-order valence-corrected chi connectivity index (χ1v) is 7.56. The van der Waals surface area contributed by atoms with Gasteiger partial charge in [0, 0.05) is 4.47 Å². The molecule has 0 heterocycles. The molecule has 0 unspecified atom stereocenters. The molecule has 0 amide bonds. The van der Waals surface area contributed by atoms with E-state index in [0.29, 0.717) is 5.56 Å². The minimum Gasteiger partial charge on any atom is -0.394 e. The van der Waals surface area contributed by atoms with Crippen molar-refractivity contribution in [3.05, 3.63) is 34.3 Å². The number of aliphatic hydroxyl groups is 1. The summed E-state index contributed by atoms with van der Waals surface area (Å²) in [7, 11) is -3.44. The van der Waals surface area contributed by atoms with Crippen molar-refractivity contribution in [1.82, 2.24) is 4.72 Å². The fraction of sp³-hybridized carbons (Fsp3) is 0.455. The molecule has 1 aromatic carbocycles. The van der Waals surface area contributed by atoms with Crippen molar-refractivity contribution in [2.24, 2.45) is 0 Å². The van der Waals surface area contributed by atoms with Crippen LogP contribution in [0.15, 0.2) is 28.7 Å². The van der Waals surface area contributed by atoms with Crippen LogP contribution in [0, 0.1) is 0 Å². The van der Waals surface area contributed by atoms with Gasteiger partial charge in [-0.2, -0.15) is 0 Å². The topological polar surface area (TPSA) is 66.4 Å². The van der Waals surface area contributed by atoms with E-state index in [1.807, 2.05) is 0 Å². The zero-order valence-corrected chi connectivity index (χ0v) is 12.2. The maximum absolute atomic E-state index is 11.8. The minimum atomic E-state index is -3.44. The molecule has 1 aromatic rings. The summed E-state index contributed by atoms with van der Waals surface area (Å²) in [4.78, 5) is 0. The quantitative estimate of drug-likeness (QED) is 0.866. The summed E-state index contributed by atoms with van der Waals surface area (Å²) < 4.78 is 27.0. The highest BCUT2D eigenvalue weighted by molar-refractivity contribution is 9.10. The Labute approximate surface area is 110 Å². The summed E-state index contributed by atoms with van der Waals surface area (Å²) >= 11 is 3.29. The van der Waals surface area contributed by atoms with Crippen molar-refractivity contribution in [1.29, 1.82) is 0 Å². The van der Waals surface area contributed by atoms with Crippen molar-refractivity contribution in [3.63, 3.8) is 0 Å². The van der Waals surface area contributed by atoms with Gasteiger partial charge in [-0.25, -0.2) is 13.1 Å². The van der Waals surface area contributed by atoms with Crippen LogP contribution < -0.4 is 4.72 Å². The van der Waals surface area contributed by atoms with Crippen molar-refractivity contribution < 1.29 is 13.5 Å². The van der Waals surface area contributed by atoms with Gasteiger partial charge >= 0.3 is 0 Å². The van der Waals surface area contributed by atoms with Crippen molar-refractivity contribution in [2.75, 3.05) is 6.61 Å². The Balaban J connectivity index is 2.77. The van der Waals surface area contributed by atoms with Gasteiger partial charge in [0.15, 0.2) is 0 Å². The molecule has 0 spiro atoms. The normalized spacial score (nSPS) is 12.7. The zero-order chi connectivity index (χ0) is 13.1. The molecule has 0 atom stereocenters.